The van der Waals surface area contributed by atoms with Crippen molar-refractivity contribution >= 4 is 17.2 Å². The molecule has 0 bridgehead atoms. The van der Waals surface area contributed by atoms with Gasteiger partial charge in [-0.1, -0.05) is 0 Å². The first-order chi connectivity index (χ1) is 14.1. The molecule has 29 heavy (non-hydrogen) atoms. The second-order valence-electron chi connectivity index (χ2n) is 6.18. The molecule has 2 aromatic carbocycles. The van der Waals surface area contributed by atoms with E-state index in [1.807, 2.05) is 19.2 Å². The third kappa shape index (κ3) is 5.54. The Bertz CT molecular complexity index is 957. The number of hydrogen-bond acceptors (Lipinski definition) is 5. The van der Waals surface area contributed by atoms with Gasteiger partial charge in [0.2, 0.25) is 0 Å². The molecule has 0 saturated heterocycles. The van der Waals surface area contributed by atoms with Gasteiger partial charge in [-0.15, -0.1) is 11.3 Å². The fourth-order valence-corrected chi connectivity index (χ4v) is 3.61. The maximum Gasteiger partial charge on any atom is 0.251 e. The van der Waals surface area contributed by atoms with Crippen molar-refractivity contribution in [3.8, 4) is 22.1 Å². The van der Waals surface area contributed by atoms with Crippen LogP contribution in [0.25, 0.3) is 10.6 Å². The van der Waals surface area contributed by atoms with Gasteiger partial charge < -0.3 is 14.8 Å². The molecule has 0 aliphatic carbocycles. The maximum atomic E-state index is 13.0. The van der Waals surface area contributed by atoms with Crippen molar-refractivity contribution in [3.05, 3.63) is 64.9 Å². The molecule has 0 atom stereocenters. The topological polar surface area (TPSA) is 60.5 Å². The zero-order chi connectivity index (χ0) is 20.6. The molecule has 0 radical (unpaired) electrons. The van der Waals surface area contributed by atoms with Crippen molar-refractivity contribution in [2.75, 3.05) is 19.8 Å². The zero-order valence-electron chi connectivity index (χ0n) is 16.4. The Morgan fingerprint density at radius 3 is 2.52 bits per heavy atom. The van der Waals surface area contributed by atoms with Gasteiger partial charge in [0.15, 0.2) is 11.5 Å². The van der Waals surface area contributed by atoms with E-state index in [0.29, 0.717) is 43.2 Å². The van der Waals surface area contributed by atoms with Crippen LogP contribution in [0.4, 0.5) is 4.39 Å². The largest absolute Gasteiger partial charge is 0.490 e. The molecule has 1 heterocycles. The molecule has 5 nitrogen and oxygen atoms in total. The van der Waals surface area contributed by atoms with Gasteiger partial charge in [0.05, 0.1) is 18.9 Å². The summed E-state index contributed by atoms with van der Waals surface area (Å²) in [6.07, 6.45) is 0.610. The molecular weight excluding hydrogens is 391 g/mol. The second-order valence-corrected chi connectivity index (χ2v) is 7.04. The number of amides is 1. The number of carbonyl (C=O) groups is 1. The average molecular weight is 415 g/mol. The first-order valence-electron chi connectivity index (χ1n) is 9.49. The predicted octanol–water partition coefficient (Wildman–Crippen LogP) is 4.72. The Hall–Kier alpha value is -2.93. The van der Waals surface area contributed by atoms with Gasteiger partial charge in [0, 0.05) is 29.5 Å². The summed E-state index contributed by atoms with van der Waals surface area (Å²) in [6.45, 7) is 5.26. The maximum absolute atomic E-state index is 13.0. The normalized spacial score (nSPS) is 10.6. The highest BCUT2D eigenvalue weighted by atomic mass is 32.1. The van der Waals surface area contributed by atoms with E-state index in [9.17, 15) is 9.18 Å². The highest BCUT2D eigenvalue weighted by Gasteiger charge is 2.12. The van der Waals surface area contributed by atoms with Gasteiger partial charge in [0.25, 0.3) is 5.91 Å². The lowest BCUT2D eigenvalue weighted by atomic mass is 10.2. The lowest BCUT2D eigenvalue weighted by molar-refractivity contribution is 0.0953. The van der Waals surface area contributed by atoms with E-state index in [-0.39, 0.29) is 11.7 Å². The van der Waals surface area contributed by atoms with Crippen LogP contribution < -0.4 is 14.8 Å². The molecular formula is C22H23FN2O3S. The molecule has 1 N–H and O–H groups in total. The van der Waals surface area contributed by atoms with Crippen molar-refractivity contribution in [1.29, 1.82) is 0 Å². The number of rotatable bonds is 9. The molecule has 1 amide bonds. The standard InChI is InChI=1S/C22H23FN2O3S/c1-3-27-19-10-7-16(13-20(19)28-4-2)21(26)24-12-11-18-14-29-22(25-18)15-5-8-17(23)9-6-15/h5-10,13-14H,3-4,11-12H2,1-2H3,(H,24,26). The van der Waals surface area contributed by atoms with E-state index in [2.05, 4.69) is 10.3 Å². The molecule has 3 rings (SSSR count). The van der Waals surface area contributed by atoms with Crippen molar-refractivity contribution in [3.63, 3.8) is 0 Å². The molecule has 0 fully saturated rings. The summed E-state index contributed by atoms with van der Waals surface area (Å²) >= 11 is 1.50. The first-order valence-corrected chi connectivity index (χ1v) is 10.4. The van der Waals surface area contributed by atoms with Gasteiger partial charge in [-0.3, -0.25) is 4.79 Å². The summed E-state index contributed by atoms with van der Waals surface area (Å²) < 4.78 is 24.1. The van der Waals surface area contributed by atoms with Gasteiger partial charge >= 0.3 is 0 Å². The van der Waals surface area contributed by atoms with Gasteiger partial charge in [0.1, 0.15) is 10.8 Å². The monoisotopic (exact) mass is 414 g/mol. The van der Waals surface area contributed by atoms with Crippen LogP contribution in [0.5, 0.6) is 11.5 Å². The number of aromatic nitrogens is 1. The van der Waals surface area contributed by atoms with Crippen LogP contribution in [0.1, 0.15) is 29.9 Å². The van der Waals surface area contributed by atoms with Crippen LogP contribution >= 0.6 is 11.3 Å². The van der Waals surface area contributed by atoms with Crippen LogP contribution in [0.3, 0.4) is 0 Å². The first kappa shape index (κ1) is 20.8. The smallest absolute Gasteiger partial charge is 0.251 e. The number of nitrogens with zero attached hydrogens (tertiary/aromatic N) is 1. The van der Waals surface area contributed by atoms with Crippen molar-refractivity contribution in [2.24, 2.45) is 0 Å². The number of hydrogen-bond donors (Lipinski definition) is 1. The Morgan fingerprint density at radius 2 is 1.79 bits per heavy atom. The number of halogens is 1. The number of thiazole rings is 1. The molecule has 152 valence electrons. The number of benzene rings is 2. The number of ether oxygens (including phenoxy) is 2. The van der Waals surface area contributed by atoms with Crippen LogP contribution in [0, 0.1) is 5.82 Å². The molecule has 1 aromatic heterocycles. The Morgan fingerprint density at radius 1 is 1.07 bits per heavy atom. The summed E-state index contributed by atoms with van der Waals surface area (Å²) in [4.78, 5) is 17.0. The van der Waals surface area contributed by atoms with Crippen LogP contribution in [-0.2, 0) is 6.42 Å². The average Bonchev–Trinajstić information content (AvgIpc) is 3.19. The van der Waals surface area contributed by atoms with Gasteiger partial charge in [-0.2, -0.15) is 0 Å². The highest BCUT2D eigenvalue weighted by Crippen LogP contribution is 2.28. The molecule has 0 aliphatic heterocycles. The quantitative estimate of drug-likeness (QED) is 0.550. The lowest BCUT2D eigenvalue weighted by Crippen LogP contribution is -2.25. The van der Waals surface area contributed by atoms with Crippen molar-refractivity contribution in [1.82, 2.24) is 10.3 Å². The number of carbonyl (C=O) groups excluding carboxylic acids is 1. The molecule has 0 saturated carbocycles. The fourth-order valence-electron chi connectivity index (χ4n) is 2.75. The minimum Gasteiger partial charge on any atom is -0.490 e. The van der Waals surface area contributed by atoms with Crippen LogP contribution in [0.2, 0.25) is 0 Å². The minimum absolute atomic E-state index is 0.178. The molecule has 0 unspecified atom stereocenters. The fraction of sp³-hybridized carbons (Fsp3) is 0.273. The Kier molecular flexibility index (Phi) is 7.19. The third-order valence-electron chi connectivity index (χ3n) is 4.12. The van der Waals surface area contributed by atoms with E-state index in [0.717, 1.165) is 16.3 Å². The van der Waals surface area contributed by atoms with Crippen LogP contribution in [0.15, 0.2) is 47.8 Å². The molecule has 0 spiro atoms. The van der Waals surface area contributed by atoms with E-state index < -0.39 is 0 Å². The van der Waals surface area contributed by atoms with E-state index in [1.165, 1.54) is 23.5 Å². The van der Waals surface area contributed by atoms with Crippen LogP contribution in [-0.4, -0.2) is 30.6 Å². The summed E-state index contributed by atoms with van der Waals surface area (Å²) in [5.41, 5.74) is 2.28. The molecule has 0 aliphatic rings. The van der Waals surface area contributed by atoms with Crippen molar-refractivity contribution in [2.45, 2.75) is 20.3 Å². The zero-order valence-corrected chi connectivity index (χ0v) is 17.2. The van der Waals surface area contributed by atoms with Gasteiger partial charge in [-0.05, 0) is 56.3 Å². The SMILES string of the molecule is CCOc1ccc(C(=O)NCCc2csc(-c3ccc(F)cc3)n2)cc1OCC. The third-order valence-corrected chi connectivity index (χ3v) is 5.06. The molecule has 3 aromatic rings. The summed E-state index contributed by atoms with van der Waals surface area (Å²) in [5, 5.41) is 5.69. The Balaban J connectivity index is 1.57. The number of nitrogens with one attached hydrogen (secondary N) is 1. The van der Waals surface area contributed by atoms with Gasteiger partial charge in [-0.25, -0.2) is 9.37 Å². The van der Waals surface area contributed by atoms with E-state index >= 15 is 0 Å². The summed E-state index contributed by atoms with van der Waals surface area (Å²) in [7, 11) is 0. The summed E-state index contributed by atoms with van der Waals surface area (Å²) in [5.74, 6) is 0.741. The van der Waals surface area contributed by atoms with Crippen molar-refractivity contribution < 1.29 is 18.7 Å². The lowest BCUT2D eigenvalue weighted by Gasteiger charge is -2.12. The Labute approximate surface area is 173 Å². The highest BCUT2D eigenvalue weighted by molar-refractivity contribution is 7.13. The minimum atomic E-state index is -0.268. The molecule has 7 heteroatoms. The predicted molar refractivity (Wildman–Crippen MR) is 112 cm³/mol. The second kappa shape index (κ2) is 10.0. The summed E-state index contributed by atoms with van der Waals surface area (Å²) in [6, 6.07) is 11.4. The van der Waals surface area contributed by atoms with E-state index in [4.69, 9.17) is 9.47 Å². The van der Waals surface area contributed by atoms with E-state index in [1.54, 1.807) is 30.3 Å².